The molecule has 0 fully saturated rings. The van der Waals surface area contributed by atoms with Gasteiger partial charge in [-0.1, -0.05) is 25.5 Å². The normalized spacial score (nSPS) is 10.3. The van der Waals surface area contributed by atoms with Crippen LogP contribution in [0, 0.1) is 5.82 Å². The first-order valence-electron chi connectivity index (χ1n) is 6.33. The number of esters is 1. The van der Waals surface area contributed by atoms with Crippen molar-refractivity contribution in [2.24, 2.45) is 0 Å². The minimum Gasteiger partial charge on any atom is -0.464 e. The third kappa shape index (κ3) is 6.35. The van der Waals surface area contributed by atoms with Gasteiger partial charge in [0.2, 0.25) is 0 Å². The third-order valence-electron chi connectivity index (χ3n) is 2.52. The zero-order chi connectivity index (χ0) is 13.2. The van der Waals surface area contributed by atoms with Gasteiger partial charge in [-0.2, -0.15) is 0 Å². The van der Waals surface area contributed by atoms with Crippen molar-refractivity contribution in [1.82, 2.24) is 5.32 Å². The molecule has 3 nitrogen and oxygen atoms in total. The maximum Gasteiger partial charge on any atom is 0.305 e. The fourth-order valence-electron chi connectivity index (χ4n) is 1.47. The number of rotatable bonds is 8. The van der Waals surface area contributed by atoms with Crippen LogP contribution in [-0.2, 0) is 16.1 Å². The molecule has 0 aromatic heterocycles. The van der Waals surface area contributed by atoms with Gasteiger partial charge in [-0.25, -0.2) is 4.39 Å². The number of halogens is 1. The zero-order valence-corrected chi connectivity index (χ0v) is 10.7. The molecule has 0 spiro atoms. The summed E-state index contributed by atoms with van der Waals surface area (Å²) in [6.07, 6.45) is 2.37. The molecule has 0 unspecified atom stereocenters. The van der Waals surface area contributed by atoms with Gasteiger partial charge >= 0.3 is 5.97 Å². The van der Waals surface area contributed by atoms with E-state index in [1.54, 1.807) is 12.1 Å². The van der Waals surface area contributed by atoms with Crippen molar-refractivity contribution in [2.75, 3.05) is 13.2 Å². The highest BCUT2D eigenvalue weighted by atomic mass is 19.1. The Labute approximate surface area is 107 Å². The maximum absolute atomic E-state index is 12.6. The molecule has 1 N–H and O–H groups in total. The molecule has 1 rings (SSSR count). The van der Waals surface area contributed by atoms with Gasteiger partial charge in [-0.15, -0.1) is 0 Å². The van der Waals surface area contributed by atoms with E-state index in [4.69, 9.17) is 4.74 Å². The first-order chi connectivity index (χ1) is 8.72. The molecule has 1 aromatic rings. The lowest BCUT2D eigenvalue weighted by molar-refractivity contribution is -0.143. The predicted molar refractivity (Wildman–Crippen MR) is 68.6 cm³/mol. The fourth-order valence-corrected chi connectivity index (χ4v) is 1.47. The first kappa shape index (κ1) is 14.6. The van der Waals surface area contributed by atoms with E-state index in [-0.39, 0.29) is 11.8 Å². The lowest BCUT2D eigenvalue weighted by Gasteiger charge is -2.06. The minimum atomic E-state index is -0.233. The fraction of sp³-hybridized carbons (Fsp3) is 0.500. The van der Waals surface area contributed by atoms with Gasteiger partial charge in [0.15, 0.2) is 0 Å². The van der Waals surface area contributed by atoms with E-state index in [2.05, 4.69) is 5.32 Å². The average molecular weight is 253 g/mol. The van der Waals surface area contributed by atoms with E-state index in [1.807, 2.05) is 6.92 Å². The van der Waals surface area contributed by atoms with Gasteiger partial charge < -0.3 is 10.1 Å². The number of hydrogen-bond acceptors (Lipinski definition) is 3. The van der Waals surface area contributed by atoms with E-state index in [0.717, 1.165) is 18.4 Å². The van der Waals surface area contributed by atoms with Crippen molar-refractivity contribution in [3.8, 4) is 0 Å². The SMILES string of the molecule is CCCCC(=O)OCCNCc1ccc(F)cc1. The predicted octanol–water partition coefficient (Wildman–Crippen LogP) is 2.65. The summed E-state index contributed by atoms with van der Waals surface area (Å²) in [5, 5.41) is 3.13. The molecule has 0 radical (unpaired) electrons. The minimum absolute atomic E-state index is 0.138. The van der Waals surface area contributed by atoms with Crippen LogP contribution in [0.1, 0.15) is 31.7 Å². The van der Waals surface area contributed by atoms with Crippen LogP contribution in [0.15, 0.2) is 24.3 Å². The van der Waals surface area contributed by atoms with E-state index < -0.39 is 0 Å². The molecule has 0 saturated heterocycles. The van der Waals surface area contributed by atoms with E-state index in [1.165, 1.54) is 12.1 Å². The van der Waals surface area contributed by atoms with Crippen LogP contribution < -0.4 is 5.32 Å². The van der Waals surface area contributed by atoms with Crippen LogP contribution >= 0.6 is 0 Å². The average Bonchev–Trinajstić information content (AvgIpc) is 2.38. The number of ether oxygens (including phenoxy) is 1. The number of hydrogen-bond donors (Lipinski definition) is 1. The Balaban J connectivity index is 2.05. The third-order valence-corrected chi connectivity index (χ3v) is 2.52. The summed E-state index contributed by atoms with van der Waals surface area (Å²) in [6, 6.07) is 6.33. The van der Waals surface area contributed by atoms with Gasteiger partial charge in [-0.3, -0.25) is 4.79 Å². The lowest BCUT2D eigenvalue weighted by atomic mass is 10.2. The van der Waals surface area contributed by atoms with E-state index in [9.17, 15) is 9.18 Å². The van der Waals surface area contributed by atoms with Crippen LogP contribution in [0.2, 0.25) is 0 Å². The van der Waals surface area contributed by atoms with E-state index in [0.29, 0.717) is 26.1 Å². The molecular weight excluding hydrogens is 233 g/mol. The van der Waals surface area contributed by atoms with Crippen molar-refractivity contribution in [2.45, 2.75) is 32.7 Å². The van der Waals surface area contributed by atoms with Crippen LogP contribution in [0.5, 0.6) is 0 Å². The molecule has 0 aliphatic heterocycles. The second-order valence-electron chi connectivity index (χ2n) is 4.13. The van der Waals surface area contributed by atoms with Crippen LogP contribution in [-0.4, -0.2) is 19.1 Å². The molecule has 0 bridgehead atoms. The molecule has 4 heteroatoms. The van der Waals surface area contributed by atoms with Crippen LogP contribution in [0.25, 0.3) is 0 Å². The number of nitrogens with one attached hydrogen (secondary N) is 1. The summed E-state index contributed by atoms with van der Waals surface area (Å²) in [4.78, 5) is 11.2. The zero-order valence-electron chi connectivity index (χ0n) is 10.7. The molecule has 1 aromatic carbocycles. The molecule has 0 aliphatic carbocycles. The number of carbonyl (C=O) groups is 1. The quantitative estimate of drug-likeness (QED) is 0.572. The Morgan fingerprint density at radius 2 is 2.06 bits per heavy atom. The molecule has 0 heterocycles. The largest absolute Gasteiger partial charge is 0.464 e. The van der Waals surface area contributed by atoms with Crippen LogP contribution in [0.4, 0.5) is 4.39 Å². The summed E-state index contributed by atoms with van der Waals surface area (Å²) < 4.78 is 17.7. The van der Waals surface area contributed by atoms with Crippen molar-refractivity contribution in [3.05, 3.63) is 35.6 Å². The second-order valence-corrected chi connectivity index (χ2v) is 4.13. The van der Waals surface area contributed by atoms with Crippen molar-refractivity contribution < 1.29 is 13.9 Å². The highest BCUT2D eigenvalue weighted by Gasteiger charge is 2.00. The topological polar surface area (TPSA) is 38.3 Å². The molecule has 0 amide bonds. The van der Waals surface area contributed by atoms with Gasteiger partial charge in [-0.05, 0) is 24.1 Å². The number of carbonyl (C=O) groups excluding carboxylic acids is 1. The number of unbranched alkanes of at least 4 members (excludes halogenated alkanes) is 1. The highest BCUT2D eigenvalue weighted by Crippen LogP contribution is 2.01. The molecule has 0 aliphatic rings. The standard InChI is InChI=1S/C14H20FNO2/c1-2-3-4-14(17)18-10-9-16-11-12-5-7-13(15)8-6-12/h5-8,16H,2-4,9-11H2,1H3. The van der Waals surface area contributed by atoms with Gasteiger partial charge in [0, 0.05) is 19.5 Å². The number of benzene rings is 1. The maximum atomic E-state index is 12.6. The summed E-state index contributed by atoms with van der Waals surface area (Å²) in [5.41, 5.74) is 1.01. The Morgan fingerprint density at radius 3 is 2.72 bits per heavy atom. The molecular formula is C14H20FNO2. The van der Waals surface area contributed by atoms with Crippen molar-refractivity contribution in [1.29, 1.82) is 0 Å². The molecule has 100 valence electrons. The Bertz CT molecular complexity index is 351. The Hall–Kier alpha value is -1.42. The monoisotopic (exact) mass is 253 g/mol. The lowest BCUT2D eigenvalue weighted by Crippen LogP contribution is -2.21. The van der Waals surface area contributed by atoms with Crippen molar-refractivity contribution in [3.63, 3.8) is 0 Å². The highest BCUT2D eigenvalue weighted by molar-refractivity contribution is 5.69. The molecule has 0 atom stereocenters. The summed E-state index contributed by atoms with van der Waals surface area (Å²) in [5.74, 6) is -0.371. The smallest absolute Gasteiger partial charge is 0.305 e. The second kappa shape index (κ2) is 8.64. The van der Waals surface area contributed by atoms with Gasteiger partial charge in [0.1, 0.15) is 12.4 Å². The molecule has 0 saturated carbocycles. The Morgan fingerprint density at radius 1 is 1.33 bits per heavy atom. The van der Waals surface area contributed by atoms with Crippen molar-refractivity contribution >= 4 is 5.97 Å². The summed E-state index contributed by atoms with van der Waals surface area (Å²) >= 11 is 0. The summed E-state index contributed by atoms with van der Waals surface area (Å²) in [7, 11) is 0. The Kier molecular flexibility index (Phi) is 7.03. The van der Waals surface area contributed by atoms with Gasteiger partial charge in [0.25, 0.3) is 0 Å². The molecule has 18 heavy (non-hydrogen) atoms. The van der Waals surface area contributed by atoms with Gasteiger partial charge in [0.05, 0.1) is 0 Å². The van der Waals surface area contributed by atoms with Crippen LogP contribution in [0.3, 0.4) is 0 Å². The van der Waals surface area contributed by atoms with E-state index >= 15 is 0 Å². The first-order valence-corrected chi connectivity index (χ1v) is 6.33. The summed E-state index contributed by atoms with van der Waals surface area (Å²) in [6.45, 7) is 3.67.